The molecule has 1 aliphatic heterocycles. The Kier molecular flexibility index (Phi) is 3.82. The maximum absolute atomic E-state index is 11.4. The van der Waals surface area contributed by atoms with E-state index in [4.69, 9.17) is 5.73 Å². The van der Waals surface area contributed by atoms with Gasteiger partial charge in [0.1, 0.15) is 0 Å². The zero-order chi connectivity index (χ0) is 11.5. The highest BCUT2D eigenvalue weighted by Gasteiger charge is 2.38. The maximum Gasteiger partial charge on any atom is 0.221 e. The van der Waals surface area contributed by atoms with E-state index >= 15 is 0 Å². The van der Waals surface area contributed by atoms with Gasteiger partial charge >= 0.3 is 0 Å². The number of carbonyl (C=O) groups is 1. The molecule has 0 aromatic carbocycles. The molecule has 16 heavy (non-hydrogen) atoms. The number of fused-ring (bicyclic) bond motifs is 1. The first kappa shape index (κ1) is 11.9. The van der Waals surface area contributed by atoms with Crippen LogP contribution in [0.2, 0.25) is 0 Å². The summed E-state index contributed by atoms with van der Waals surface area (Å²) in [5.74, 6) is 1.85. The van der Waals surface area contributed by atoms with Gasteiger partial charge in [-0.1, -0.05) is 6.42 Å². The minimum absolute atomic E-state index is 0.104. The molecule has 0 bridgehead atoms. The van der Waals surface area contributed by atoms with E-state index in [2.05, 4.69) is 10.2 Å². The molecular formula is C12H23N3O. The van der Waals surface area contributed by atoms with Crippen molar-refractivity contribution in [2.45, 2.75) is 31.7 Å². The lowest BCUT2D eigenvalue weighted by Crippen LogP contribution is -2.42. The predicted octanol–water partition coefficient (Wildman–Crippen LogP) is 0.182. The average Bonchev–Trinajstić information content (AvgIpc) is 2.85. The number of hydrogen-bond acceptors (Lipinski definition) is 3. The normalized spacial score (nSPS) is 31.4. The molecule has 92 valence electrons. The zero-order valence-electron chi connectivity index (χ0n) is 10.1. The number of rotatable bonds is 4. The van der Waals surface area contributed by atoms with Crippen LogP contribution in [0.1, 0.15) is 25.7 Å². The Labute approximate surface area is 97.6 Å². The van der Waals surface area contributed by atoms with Crippen LogP contribution in [0.3, 0.4) is 0 Å². The third kappa shape index (κ3) is 2.38. The van der Waals surface area contributed by atoms with E-state index in [-0.39, 0.29) is 11.9 Å². The lowest BCUT2D eigenvalue weighted by Gasteiger charge is -2.26. The molecule has 3 atom stereocenters. The SMILES string of the molecule is CNC(=O)CC(CN)N1CC2CCCC2C1. The van der Waals surface area contributed by atoms with Crippen molar-refractivity contribution >= 4 is 5.91 Å². The number of nitrogens with two attached hydrogens (primary N) is 1. The van der Waals surface area contributed by atoms with E-state index in [1.165, 1.54) is 19.3 Å². The van der Waals surface area contributed by atoms with Crippen molar-refractivity contribution in [2.24, 2.45) is 17.6 Å². The monoisotopic (exact) mass is 225 g/mol. The molecule has 0 spiro atoms. The van der Waals surface area contributed by atoms with E-state index in [0.29, 0.717) is 13.0 Å². The predicted molar refractivity (Wildman–Crippen MR) is 63.9 cm³/mol. The summed E-state index contributed by atoms with van der Waals surface area (Å²) < 4.78 is 0. The minimum atomic E-state index is 0.104. The summed E-state index contributed by atoms with van der Waals surface area (Å²) in [6.45, 7) is 2.90. The van der Waals surface area contributed by atoms with Crippen molar-refractivity contribution in [3.63, 3.8) is 0 Å². The largest absolute Gasteiger partial charge is 0.359 e. The first-order chi connectivity index (χ1) is 7.74. The second kappa shape index (κ2) is 5.15. The van der Waals surface area contributed by atoms with Gasteiger partial charge in [0.2, 0.25) is 5.91 Å². The number of nitrogens with zero attached hydrogens (tertiary/aromatic N) is 1. The van der Waals surface area contributed by atoms with Gasteiger partial charge in [-0.05, 0) is 24.7 Å². The average molecular weight is 225 g/mol. The third-order valence-corrected chi connectivity index (χ3v) is 4.24. The van der Waals surface area contributed by atoms with Crippen molar-refractivity contribution in [3.05, 3.63) is 0 Å². The summed E-state index contributed by atoms with van der Waals surface area (Å²) in [6.07, 6.45) is 4.69. The van der Waals surface area contributed by atoms with Crippen LogP contribution in [0.4, 0.5) is 0 Å². The van der Waals surface area contributed by atoms with Gasteiger partial charge in [0.05, 0.1) is 0 Å². The first-order valence-corrected chi connectivity index (χ1v) is 6.39. The maximum atomic E-state index is 11.4. The van der Waals surface area contributed by atoms with Gasteiger partial charge in [-0.3, -0.25) is 9.69 Å². The molecule has 2 rings (SSSR count). The summed E-state index contributed by atoms with van der Waals surface area (Å²) in [5.41, 5.74) is 5.78. The van der Waals surface area contributed by atoms with Gasteiger partial charge < -0.3 is 11.1 Å². The molecule has 2 fully saturated rings. The second-order valence-electron chi connectivity index (χ2n) is 5.17. The first-order valence-electron chi connectivity index (χ1n) is 6.39. The highest BCUT2D eigenvalue weighted by atomic mass is 16.1. The fourth-order valence-electron chi connectivity index (χ4n) is 3.25. The van der Waals surface area contributed by atoms with Gasteiger partial charge in [0, 0.05) is 39.1 Å². The quantitative estimate of drug-likeness (QED) is 0.717. The molecule has 2 aliphatic rings. The van der Waals surface area contributed by atoms with E-state index in [0.717, 1.165) is 24.9 Å². The lowest BCUT2D eigenvalue weighted by atomic mass is 10.0. The van der Waals surface area contributed by atoms with Crippen LogP contribution in [0, 0.1) is 11.8 Å². The molecule has 3 N–H and O–H groups in total. The van der Waals surface area contributed by atoms with Crippen LogP contribution in [-0.2, 0) is 4.79 Å². The van der Waals surface area contributed by atoms with E-state index in [1.807, 2.05) is 0 Å². The molecule has 1 aliphatic carbocycles. The van der Waals surface area contributed by atoms with E-state index in [9.17, 15) is 4.79 Å². The van der Waals surface area contributed by atoms with Crippen LogP contribution < -0.4 is 11.1 Å². The van der Waals surface area contributed by atoms with Gasteiger partial charge in [-0.25, -0.2) is 0 Å². The number of hydrogen-bond donors (Lipinski definition) is 2. The van der Waals surface area contributed by atoms with Gasteiger partial charge in [-0.15, -0.1) is 0 Å². The van der Waals surface area contributed by atoms with Crippen LogP contribution in [0.25, 0.3) is 0 Å². The third-order valence-electron chi connectivity index (χ3n) is 4.24. The molecule has 1 saturated carbocycles. The molecule has 1 heterocycles. The van der Waals surface area contributed by atoms with Crippen LogP contribution >= 0.6 is 0 Å². The molecule has 1 amide bonds. The number of carbonyl (C=O) groups excluding carboxylic acids is 1. The Morgan fingerprint density at radius 1 is 1.44 bits per heavy atom. The van der Waals surface area contributed by atoms with Gasteiger partial charge in [-0.2, -0.15) is 0 Å². The zero-order valence-corrected chi connectivity index (χ0v) is 10.1. The molecular weight excluding hydrogens is 202 g/mol. The van der Waals surface area contributed by atoms with E-state index < -0.39 is 0 Å². The number of likely N-dealkylation sites (tertiary alicyclic amines) is 1. The topological polar surface area (TPSA) is 58.4 Å². The van der Waals surface area contributed by atoms with E-state index in [1.54, 1.807) is 7.05 Å². The summed E-state index contributed by atoms with van der Waals surface area (Å²) in [4.78, 5) is 13.8. The Hall–Kier alpha value is -0.610. The van der Waals surface area contributed by atoms with Gasteiger partial charge in [0.15, 0.2) is 0 Å². The van der Waals surface area contributed by atoms with Crippen LogP contribution in [0.5, 0.6) is 0 Å². The highest BCUT2D eigenvalue weighted by molar-refractivity contribution is 5.76. The summed E-state index contributed by atoms with van der Waals surface area (Å²) in [7, 11) is 1.69. The fraction of sp³-hybridized carbons (Fsp3) is 0.917. The molecule has 3 unspecified atom stereocenters. The molecule has 1 saturated heterocycles. The van der Waals surface area contributed by atoms with Crippen LogP contribution in [0.15, 0.2) is 0 Å². The molecule has 0 aromatic rings. The molecule has 0 radical (unpaired) electrons. The molecule has 4 heteroatoms. The Morgan fingerprint density at radius 2 is 2.06 bits per heavy atom. The second-order valence-corrected chi connectivity index (χ2v) is 5.17. The molecule has 0 aromatic heterocycles. The van der Waals surface area contributed by atoms with Crippen molar-refractivity contribution in [2.75, 3.05) is 26.7 Å². The summed E-state index contributed by atoms with van der Waals surface area (Å²) in [6, 6.07) is 0.241. The number of amides is 1. The van der Waals surface area contributed by atoms with Crippen molar-refractivity contribution in [3.8, 4) is 0 Å². The van der Waals surface area contributed by atoms with Crippen molar-refractivity contribution < 1.29 is 4.79 Å². The van der Waals surface area contributed by atoms with Gasteiger partial charge in [0.25, 0.3) is 0 Å². The van der Waals surface area contributed by atoms with Crippen molar-refractivity contribution in [1.29, 1.82) is 0 Å². The number of nitrogens with one attached hydrogen (secondary N) is 1. The lowest BCUT2D eigenvalue weighted by molar-refractivity contribution is -0.121. The smallest absolute Gasteiger partial charge is 0.221 e. The summed E-state index contributed by atoms with van der Waals surface area (Å²) in [5, 5.41) is 2.68. The Balaban J connectivity index is 1.88. The Bertz CT molecular complexity index is 245. The van der Waals surface area contributed by atoms with Crippen molar-refractivity contribution in [1.82, 2.24) is 10.2 Å². The summed E-state index contributed by atoms with van der Waals surface area (Å²) >= 11 is 0. The Morgan fingerprint density at radius 3 is 2.56 bits per heavy atom. The minimum Gasteiger partial charge on any atom is -0.359 e. The fourth-order valence-corrected chi connectivity index (χ4v) is 3.25. The van der Waals surface area contributed by atoms with Crippen LogP contribution in [-0.4, -0.2) is 43.5 Å². The highest BCUT2D eigenvalue weighted by Crippen LogP contribution is 2.38. The standard InChI is InChI=1S/C12H23N3O/c1-14-12(16)5-11(6-13)15-7-9-3-2-4-10(9)8-15/h9-11H,2-8,13H2,1H3,(H,14,16). The molecule has 4 nitrogen and oxygen atoms in total.